The third-order valence-corrected chi connectivity index (χ3v) is 16.7. The molecular weight excluding hydrogens is 1060 g/mol. The summed E-state index contributed by atoms with van der Waals surface area (Å²) in [5.41, 5.74) is 17.5. The normalized spacial score (nSPS) is 18.9. The first-order chi connectivity index (χ1) is 42.8. The van der Waals surface area contributed by atoms with Gasteiger partial charge in [0.1, 0.15) is 18.2 Å². The maximum absolute atomic E-state index is 8.92. The first kappa shape index (κ1) is 54.5. The minimum absolute atomic E-state index is 0.143. The fourth-order valence-corrected chi connectivity index (χ4v) is 12.2. The van der Waals surface area contributed by atoms with Crippen LogP contribution in [0.4, 0.5) is 22.7 Å². The number of anilines is 4. The molecule has 0 amide bonds. The van der Waals surface area contributed by atoms with Crippen molar-refractivity contribution in [3.8, 4) is 28.6 Å². The van der Waals surface area contributed by atoms with E-state index in [0.29, 0.717) is 35.1 Å². The molecule has 9 aromatic rings. The smallest absolute Gasteiger partial charge is 0.215 e. The van der Waals surface area contributed by atoms with Crippen molar-refractivity contribution in [1.82, 2.24) is 24.8 Å². The van der Waals surface area contributed by atoms with E-state index in [1.54, 1.807) is 0 Å². The molecule has 0 bridgehead atoms. The Hall–Kier alpha value is -9.14. The Morgan fingerprint density at radius 3 is 1.74 bits per heavy atom. The first-order valence-corrected chi connectivity index (χ1v) is 30.3. The molecule has 8 nitrogen and oxygen atoms in total. The number of aromatic nitrogens is 3. The summed E-state index contributed by atoms with van der Waals surface area (Å²) < 4.78 is 37.5. The molecule has 0 saturated heterocycles. The zero-order chi connectivity index (χ0) is 63.5. The number of hydrogen-bond acceptors (Lipinski definition) is 6. The van der Waals surface area contributed by atoms with E-state index in [9.17, 15) is 0 Å². The van der Waals surface area contributed by atoms with E-state index >= 15 is 0 Å². The van der Waals surface area contributed by atoms with Crippen molar-refractivity contribution in [2.24, 2.45) is 6.98 Å². The van der Waals surface area contributed by atoms with E-state index < -0.39 is 6.98 Å². The maximum atomic E-state index is 8.92. The summed E-state index contributed by atoms with van der Waals surface area (Å²) >= 11 is 0. The van der Waals surface area contributed by atoms with E-state index in [4.69, 9.17) is 13.8 Å². The van der Waals surface area contributed by atoms with Crippen LogP contribution in [-0.4, -0.2) is 35.3 Å². The van der Waals surface area contributed by atoms with Crippen molar-refractivity contribution in [2.75, 3.05) is 16.5 Å². The summed E-state index contributed by atoms with van der Waals surface area (Å²) in [5, 5.41) is 8.54. The van der Waals surface area contributed by atoms with E-state index in [0.717, 1.165) is 72.2 Å². The third kappa shape index (κ3) is 11.6. The lowest BCUT2D eigenvalue weighted by Gasteiger charge is -2.32. The molecule has 434 valence electrons. The molecule has 7 aromatic carbocycles. The lowest BCUT2D eigenvalue weighted by atomic mass is 9.62. The number of ether oxygens (including phenoxy) is 1. The Labute approximate surface area is 521 Å². The molecule has 0 aliphatic carbocycles. The van der Waals surface area contributed by atoms with E-state index in [1.807, 2.05) is 77.9 Å². The molecule has 0 saturated carbocycles. The second kappa shape index (κ2) is 22.9. The van der Waals surface area contributed by atoms with Crippen LogP contribution in [0.15, 0.2) is 219 Å². The van der Waals surface area contributed by atoms with Gasteiger partial charge in [0.2, 0.25) is 5.95 Å². The molecule has 2 N–H and O–H groups in total. The molecule has 87 heavy (non-hydrogen) atoms. The van der Waals surface area contributed by atoms with Crippen molar-refractivity contribution in [2.45, 2.75) is 105 Å². The number of nitrogens with one attached hydrogen (secondary N) is 2. The Morgan fingerprint density at radius 1 is 0.506 bits per heavy atom. The lowest BCUT2D eigenvalue weighted by Crippen LogP contribution is -2.27. The summed E-state index contributed by atoms with van der Waals surface area (Å²) in [5.74, 6) is 5.77. The summed E-state index contributed by atoms with van der Waals surface area (Å²) in [6.45, 7) is 25.2. The van der Waals surface area contributed by atoms with Gasteiger partial charge in [-0.15, -0.1) is 12.0 Å². The van der Waals surface area contributed by atoms with Gasteiger partial charge in [-0.25, -0.2) is 4.98 Å². The topological polar surface area (TPSA) is 62.5 Å². The first-order valence-electron chi connectivity index (χ1n) is 31.8. The van der Waals surface area contributed by atoms with Gasteiger partial charge in [0, 0.05) is 64.5 Å². The zero-order valence-corrected chi connectivity index (χ0v) is 52.3. The van der Waals surface area contributed by atoms with E-state index in [-0.39, 0.29) is 21.7 Å². The van der Waals surface area contributed by atoms with Crippen LogP contribution in [-0.2, 0) is 28.6 Å². The van der Waals surface area contributed by atoms with Gasteiger partial charge >= 0.3 is 0 Å². The highest BCUT2D eigenvalue weighted by atomic mass is 16.5. The van der Waals surface area contributed by atoms with Crippen LogP contribution < -0.4 is 25.2 Å². The van der Waals surface area contributed by atoms with Crippen molar-refractivity contribution < 1.29 is 8.85 Å². The zero-order valence-electron chi connectivity index (χ0n) is 55.3. The van der Waals surface area contributed by atoms with E-state index in [1.165, 1.54) is 32.4 Å². The number of imidazole rings is 1. The van der Waals surface area contributed by atoms with Crippen LogP contribution in [0, 0.1) is 0 Å². The van der Waals surface area contributed by atoms with Gasteiger partial charge in [-0.05, 0) is 163 Å². The largest absolute Gasteiger partial charge is 0.457 e. The number of rotatable bonds is 8. The predicted octanol–water partition coefficient (Wildman–Crippen LogP) is 18.9. The third-order valence-electron chi connectivity index (χ3n) is 16.7. The summed E-state index contributed by atoms with van der Waals surface area (Å²) in [6.07, 6.45) is 24.5. The quantitative estimate of drug-likeness (QED) is 0.148. The standard InChI is InChI=1S/C77H79B2N7O/c1-74(2,3)52-33-36-66-58(45-52)57-35-34-55(49-70(57)86(66)73-82-65-29-14-15-30-67(65)83(73)13)87-56-44-51(71-61(76(7,8)9)25-22-26-62(71)77(10,11)12)43-54(48-56)84-50-85(69-32-17-16-31-68(69)84)72-59(63-27-23-41-80-39-20-18-37-78-63)46-53(75(4,5)6)47-60(72)64-28-24-42-81-40-21-19-38-79-64/h14-49,80-81H,50H2,1-13H3/b37-18-,38-19-,39-20-,40-21-,41-23-,42-24-,63-27-,64-28-/i13D3. The summed E-state index contributed by atoms with van der Waals surface area (Å²) in [7, 11) is 4.43. The van der Waals surface area contributed by atoms with Gasteiger partial charge in [-0.1, -0.05) is 167 Å². The SMILES string of the molecule is [2H]C([2H])([2H])n1c(-n2c3ccc(C(C)(C)C)cc3c3ccc(Oc4cc(-c5c(C(C)(C)C)cccc5C(C)(C)C)cc(N5CN(c6c(/C7=C/C=C\N/C=C\C=C/[B]7)cc(C(C)(C)C)cc6/C6=C/C=C\N/C=C\C=C/[B]6)c6ccccc65)c4)cc32)nc2ccccc21. The van der Waals surface area contributed by atoms with Gasteiger partial charge in [0.05, 0.1) is 39.1 Å². The molecule has 3 aliphatic heterocycles. The number of fused-ring (bicyclic) bond motifs is 5. The number of benzene rings is 7. The van der Waals surface area contributed by atoms with Crippen molar-refractivity contribution >= 4 is 81.1 Å². The van der Waals surface area contributed by atoms with Gasteiger partial charge in [-0.2, -0.15) is 0 Å². The Balaban J connectivity index is 1.09. The van der Waals surface area contributed by atoms with Crippen LogP contribution >= 0.6 is 0 Å². The Morgan fingerprint density at radius 2 is 1.11 bits per heavy atom. The van der Waals surface area contributed by atoms with Crippen LogP contribution in [0.2, 0.25) is 0 Å². The molecule has 0 fully saturated rings. The van der Waals surface area contributed by atoms with Gasteiger partial charge in [0.15, 0.2) is 14.6 Å². The van der Waals surface area contributed by atoms with Gasteiger partial charge < -0.3 is 29.7 Å². The Bertz CT molecular complexity index is 4430. The second-order valence-electron chi connectivity index (χ2n) is 27.1. The molecule has 10 heteroatoms. The maximum Gasteiger partial charge on any atom is 0.215 e. The number of aryl methyl sites for hydroxylation is 1. The molecule has 12 rings (SSSR count). The highest BCUT2D eigenvalue weighted by molar-refractivity contribution is 6.67. The number of hydrogen-bond donors (Lipinski definition) is 2. The number of nitrogens with zero attached hydrogens (tertiary/aromatic N) is 5. The van der Waals surface area contributed by atoms with Crippen LogP contribution in [0.25, 0.3) is 60.9 Å². The van der Waals surface area contributed by atoms with Gasteiger partial charge in [0.25, 0.3) is 0 Å². The fourth-order valence-electron chi connectivity index (χ4n) is 12.2. The minimum atomic E-state index is -2.54. The predicted molar refractivity (Wildman–Crippen MR) is 372 cm³/mol. The second-order valence-corrected chi connectivity index (χ2v) is 27.1. The van der Waals surface area contributed by atoms with Crippen LogP contribution in [0.5, 0.6) is 11.5 Å². The summed E-state index contributed by atoms with van der Waals surface area (Å²) in [6, 6.07) is 47.2. The minimum Gasteiger partial charge on any atom is -0.457 e. The molecule has 2 radical (unpaired) electrons. The lowest BCUT2D eigenvalue weighted by molar-refractivity contribution is 0.483. The molecule has 3 aliphatic rings. The van der Waals surface area contributed by atoms with Crippen molar-refractivity contribution in [1.29, 1.82) is 0 Å². The average molecular weight is 1140 g/mol. The number of para-hydroxylation sites is 4. The fraction of sp³-hybridized carbons (Fsp3) is 0.234. The molecule has 5 heterocycles. The van der Waals surface area contributed by atoms with E-state index in [2.05, 4.69) is 264 Å². The molecular formula is C77H79B2N7O. The molecule has 0 spiro atoms. The molecule has 0 atom stereocenters. The average Bonchev–Trinajstić information content (AvgIpc) is 1.54. The highest BCUT2D eigenvalue weighted by Gasteiger charge is 2.35. The summed E-state index contributed by atoms with van der Waals surface area (Å²) in [4.78, 5) is 10.0. The molecule has 2 aromatic heterocycles. The number of allylic oxidation sites excluding steroid dienone is 8. The van der Waals surface area contributed by atoms with Gasteiger partial charge in [-0.3, -0.25) is 4.57 Å². The van der Waals surface area contributed by atoms with Crippen LogP contribution in [0.3, 0.4) is 0 Å². The highest BCUT2D eigenvalue weighted by Crippen LogP contribution is 2.52. The monoisotopic (exact) mass is 1140 g/mol. The van der Waals surface area contributed by atoms with Crippen LogP contribution in [0.1, 0.15) is 121 Å². The van der Waals surface area contributed by atoms with Crippen molar-refractivity contribution in [3.05, 3.63) is 252 Å². The van der Waals surface area contributed by atoms with Crippen molar-refractivity contribution in [3.63, 3.8) is 0 Å². The molecule has 0 unspecified atom stereocenters. The Kier molecular flexibility index (Phi) is 14.4.